The Bertz CT molecular complexity index is 306. The number of carboxylic acids is 1. The highest BCUT2D eigenvalue weighted by Crippen LogP contribution is 1.97. The van der Waals surface area contributed by atoms with Gasteiger partial charge in [-0.25, -0.2) is 4.79 Å². The van der Waals surface area contributed by atoms with Crippen molar-refractivity contribution in [1.82, 2.24) is 10.2 Å². The number of nitrogens with zero attached hydrogens (tertiary/aromatic N) is 1. The van der Waals surface area contributed by atoms with Gasteiger partial charge in [0.05, 0.1) is 13.5 Å². The minimum Gasteiger partial charge on any atom is -0.481 e. The predicted octanol–water partition coefficient (Wildman–Crippen LogP) is 0.444. The molecule has 7 nitrogen and oxygen atoms in total. The normalized spacial score (nSPS) is 11.5. The fraction of sp³-hybridized carbons (Fsp3) is 0.727. The molecule has 0 bridgehead atoms. The summed E-state index contributed by atoms with van der Waals surface area (Å²) in [6, 6.07) is -0.956. The molecule has 18 heavy (non-hydrogen) atoms. The summed E-state index contributed by atoms with van der Waals surface area (Å²) < 4.78 is 4.49. The van der Waals surface area contributed by atoms with Crippen molar-refractivity contribution >= 4 is 18.0 Å². The third kappa shape index (κ3) is 6.72. The summed E-state index contributed by atoms with van der Waals surface area (Å²) in [5.74, 6) is -1.50. The smallest absolute Gasteiger partial charge is 0.325 e. The zero-order valence-corrected chi connectivity index (χ0v) is 10.9. The van der Waals surface area contributed by atoms with E-state index in [4.69, 9.17) is 5.11 Å². The number of carbonyl (C=O) groups excluding carboxylic acids is 2. The number of hydrogen-bond acceptors (Lipinski definition) is 4. The molecule has 7 heteroatoms. The predicted molar refractivity (Wildman–Crippen MR) is 64.1 cm³/mol. The maximum absolute atomic E-state index is 11.8. The molecule has 0 aliphatic rings. The topological polar surface area (TPSA) is 95.9 Å². The molecular weight excluding hydrogens is 240 g/mol. The van der Waals surface area contributed by atoms with Crippen LogP contribution in [0.2, 0.25) is 0 Å². The number of esters is 1. The highest BCUT2D eigenvalue weighted by Gasteiger charge is 2.19. The van der Waals surface area contributed by atoms with E-state index in [9.17, 15) is 14.4 Å². The Morgan fingerprint density at radius 2 is 2.00 bits per heavy atom. The molecule has 0 spiro atoms. The Hall–Kier alpha value is -1.79. The van der Waals surface area contributed by atoms with Crippen LogP contribution >= 0.6 is 0 Å². The number of amides is 2. The lowest BCUT2D eigenvalue weighted by atomic mass is 10.2. The van der Waals surface area contributed by atoms with Crippen molar-refractivity contribution in [2.45, 2.75) is 32.7 Å². The molecule has 0 heterocycles. The molecule has 2 amide bonds. The van der Waals surface area contributed by atoms with Gasteiger partial charge in [-0.15, -0.1) is 0 Å². The van der Waals surface area contributed by atoms with Crippen LogP contribution in [0.4, 0.5) is 4.79 Å². The summed E-state index contributed by atoms with van der Waals surface area (Å²) in [6.45, 7) is 3.73. The highest BCUT2D eigenvalue weighted by atomic mass is 16.5. The van der Waals surface area contributed by atoms with Crippen LogP contribution in [0, 0.1) is 0 Å². The van der Waals surface area contributed by atoms with Crippen LogP contribution < -0.4 is 5.32 Å². The van der Waals surface area contributed by atoms with E-state index in [0.29, 0.717) is 13.0 Å². The molecule has 0 saturated carbocycles. The first-order chi connectivity index (χ1) is 8.40. The van der Waals surface area contributed by atoms with E-state index in [1.165, 1.54) is 12.0 Å². The van der Waals surface area contributed by atoms with Crippen molar-refractivity contribution in [3.05, 3.63) is 0 Å². The molecule has 1 unspecified atom stereocenters. The van der Waals surface area contributed by atoms with Gasteiger partial charge in [-0.1, -0.05) is 6.92 Å². The van der Waals surface area contributed by atoms with Crippen LogP contribution in [0.25, 0.3) is 0 Å². The zero-order chi connectivity index (χ0) is 14.1. The number of hydrogen-bond donors (Lipinski definition) is 2. The Morgan fingerprint density at radius 1 is 1.39 bits per heavy atom. The Labute approximate surface area is 106 Å². The summed E-state index contributed by atoms with van der Waals surface area (Å²) in [7, 11) is 1.25. The molecule has 0 radical (unpaired) electrons. The van der Waals surface area contributed by atoms with E-state index in [2.05, 4.69) is 10.1 Å². The summed E-state index contributed by atoms with van der Waals surface area (Å²) in [6.07, 6.45) is 0.529. The minimum atomic E-state index is -0.988. The lowest BCUT2D eigenvalue weighted by molar-refractivity contribution is -0.141. The van der Waals surface area contributed by atoms with E-state index in [1.807, 2.05) is 6.92 Å². The first-order valence-electron chi connectivity index (χ1n) is 5.74. The van der Waals surface area contributed by atoms with E-state index in [0.717, 1.165) is 0 Å². The summed E-state index contributed by atoms with van der Waals surface area (Å²) in [5, 5.41) is 11.1. The van der Waals surface area contributed by atoms with Gasteiger partial charge >= 0.3 is 18.0 Å². The van der Waals surface area contributed by atoms with Gasteiger partial charge in [0.15, 0.2) is 0 Å². The van der Waals surface area contributed by atoms with Crippen molar-refractivity contribution in [1.29, 1.82) is 0 Å². The van der Waals surface area contributed by atoms with Crippen molar-refractivity contribution in [3.63, 3.8) is 0 Å². The van der Waals surface area contributed by atoms with Crippen molar-refractivity contribution in [3.8, 4) is 0 Å². The van der Waals surface area contributed by atoms with Crippen LogP contribution in [0.1, 0.15) is 26.7 Å². The maximum Gasteiger partial charge on any atom is 0.325 e. The van der Waals surface area contributed by atoms with Gasteiger partial charge in [0.1, 0.15) is 6.54 Å². The van der Waals surface area contributed by atoms with E-state index in [1.54, 1.807) is 6.92 Å². The lowest BCUT2D eigenvalue weighted by Crippen LogP contribution is -2.46. The number of aliphatic carboxylic acids is 1. The second-order valence-corrected chi connectivity index (χ2v) is 3.95. The second kappa shape index (κ2) is 8.32. The van der Waals surface area contributed by atoms with Gasteiger partial charge < -0.3 is 20.1 Å². The fourth-order valence-electron chi connectivity index (χ4n) is 1.36. The first kappa shape index (κ1) is 16.2. The van der Waals surface area contributed by atoms with Gasteiger partial charge in [-0.3, -0.25) is 9.59 Å². The van der Waals surface area contributed by atoms with Crippen molar-refractivity contribution in [2.75, 3.05) is 20.2 Å². The molecular formula is C11H20N2O5. The van der Waals surface area contributed by atoms with Gasteiger partial charge in [0, 0.05) is 12.6 Å². The molecule has 0 saturated heterocycles. The molecule has 0 fully saturated rings. The number of carboxylic acid groups (broad SMARTS) is 1. The van der Waals surface area contributed by atoms with E-state index in [-0.39, 0.29) is 13.0 Å². The van der Waals surface area contributed by atoms with E-state index < -0.39 is 24.0 Å². The minimum absolute atomic E-state index is 0.143. The summed E-state index contributed by atoms with van der Waals surface area (Å²) in [5.41, 5.74) is 0. The molecule has 0 aliphatic carbocycles. The molecule has 2 N–H and O–H groups in total. The molecule has 0 aromatic carbocycles. The highest BCUT2D eigenvalue weighted by molar-refractivity contribution is 5.81. The van der Waals surface area contributed by atoms with Crippen molar-refractivity contribution < 1.29 is 24.2 Å². The Kier molecular flexibility index (Phi) is 7.50. The third-order valence-corrected chi connectivity index (χ3v) is 2.18. The van der Waals surface area contributed by atoms with E-state index >= 15 is 0 Å². The molecule has 0 rings (SSSR count). The van der Waals surface area contributed by atoms with Gasteiger partial charge in [-0.05, 0) is 13.3 Å². The maximum atomic E-state index is 11.8. The summed E-state index contributed by atoms with van der Waals surface area (Å²) >= 11 is 0. The van der Waals surface area contributed by atoms with Crippen LogP contribution in [0.5, 0.6) is 0 Å². The number of methoxy groups -OCH3 is 1. The van der Waals surface area contributed by atoms with Crippen LogP contribution in [0.15, 0.2) is 0 Å². The van der Waals surface area contributed by atoms with Gasteiger partial charge in [0.25, 0.3) is 0 Å². The molecule has 0 aromatic heterocycles. The molecule has 1 atom stereocenters. The first-order valence-corrected chi connectivity index (χ1v) is 5.74. The number of rotatable bonds is 7. The van der Waals surface area contributed by atoms with Crippen LogP contribution in [-0.2, 0) is 14.3 Å². The quantitative estimate of drug-likeness (QED) is 0.648. The number of urea groups is 1. The van der Waals surface area contributed by atoms with Crippen LogP contribution in [0.3, 0.4) is 0 Å². The zero-order valence-electron chi connectivity index (χ0n) is 10.9. The monoisotopic (exact) mass is 260 g/mol. The number of carbonyl (C=O) groups is 3. The third-order valence-electron chi connectivity index (χ3n) is 2.18. The number of nitrogens with one attached hydrogen (secondary N) is 1. The lowest BCUT2D eigenvalue weighted by Gasteiger charge is -2.23. The molecule has 0 aromatic rings. The Balaban J connectivity index is 4.37. The van der Waals surface area contributed by atoms with Gasteiger partial charge in [-0.2, -0.15) is 0 Å². The Morgan fingerprint density at radius 3 is 2.44 bits per heavy atom. The molecule has 0 aliphatic heterocycles. The fourth-order valence-corrected chi connectivity index (χ4v) is 1.36. The van der Waals surface area contributed by atoms with Crippen molar-refractivity contribution in [2.24, 2.45) is 0 Å². The average Bonchev–Trinajstić information content (AvgIpc) is 2.26. The second-order valence-electron chi connectivity index (χ2n) is 3.95. The molecule has 104 valence electrons. The summed E-state index contributed by atoms with van der Waals surface area (Å²) in [4.78, 5) is 34.7. The van der Waals surface area contributed by atoms with Crippen LogP contribution in [-0.4, -0.2) is 54.2 Å². The average molecular weight is 260 g/mol. The largest absolute Gasteiger partial charge is 0.481 e. The SMILES string of the molecule is CCCN(CC(=O)OC)C(=O)NC(C)CC(=O)O. The standard InChI is InChI=1S/C11H20N2O5/c1-4-5-13(7-10(16)18-3)11(17)12-8(2)6-9(14)15/h8H,4-7H2,1-3H3,(H,12,17)(H,14,15). The number of ether oxygens (including phenoxy) is 1. The van der Waals surface area contributed by atoms with Gasteiger partial charge in [0.2, 0.25) is 0 Å².